The summed E-state index contributed by atoms with van der Waals surface area (Å²) in [5.41, 5.74) is -0.564. The van der Waals surface area contributed by atoms with Crippen molar-refractivity contribution in [2.24, 2.45) is 11.3 Å². The van der Waals surface area contributed by atoms with Gasteiger partial charge in [-0.2, -0.15) is 0 Å². The third-order valence-electron chi connectivity index (χ3n) is 4.31. The zero-order chi connectivity index (χ0) is 13.4. The molecule has 2 N–H and O–H groups in total. The van der Waals surface area contributed by atoms with Crippen molar-refractivity contribution in [3.8, 4) is 0 Å². The molecular formula is C13H25NO3S. The van der Waals surface area contributed by atoms with Gasteiger partial charge in [-0.15, -0.1) is 0 Å². The summed E-state index contributed by atoms with van der Waals surface area (Å²) in [6.45, 7) is 4.58. The maximum Gasteiger partial charge on any atom is 0.211 e. The molecule has 5 heteroatoms. The average Bonchev–Trinajstić information content (AvgIpc) is 3.04. The maximum absolute atomic E-state index is 11.8. The van der Waals surface area contributed by atoms with Gasteiger partial charge in [0, 0.05) is 6.54 Å². The van der Waals surface area contributed by atoms with Gasteiger partial charge < -0.3 is 5.11 Å². The van der Waals surface area contributed by atoms with Crippen LogP contribution in [0.25, 0.3) is 0 Å². The Morgan fingerprint density at radius 2 is 1.72 bits per heavy atom. The predicted octanol–water partition coefficient (Wildman–Crippen LogP) is 1.65. The Balaban J connectivity index is 1.82. The van der Waals surface area contributed by atoms with Crippen molar-refractivity contribution in [2.75, 3.05) is 12.3 Å². The van der Waals surface area contributed by atoms with Gasteiger partial charge in [0.2, 0.25) is 10.0 Å². The SMILES string of the molecule is CC1(C)CCC(O)(CNS(=O)(=O)CC2CC2)CC1. The molecule has 0 aromatic heterocycles. The largest absolute Gasteiger partial charge is 0.389 e. The smallest absolute Gasteiger partial charge is 0.211 e. The Morgan fingerprint density at radius 1 is 1.17 bits per heavy atom. The van der Waals surface area contributed by atoms with Crippen molar-refractivity contribution < 1.29 is 13.5 Å². The minimum atomic E-state index is -3.19. The summed E-state index contributed by atoms with van der Waals surface area (Å²) in [6, 6.07) is 0. The summed E-state index contributed by atoms with van der Waals surface area (Å²) >= 11 is 0. The molecule has 0 atom stereocenters. The Bertz CT molecular complexity index is 388. The van der Waals surface area contributed by atoms with Crippen LogP contribution in [0.15, 0.2) is 0 Å². The third-order valence-corrected chi connectivity index (χ3v) is 5.80. The minimum absolute atomic E-state index is 0.179. The molecule has 0 aromatic rings. The van der Waals surface area contributed by atoms with Crippen molar-refractivity contribution in [1.29, 1.82) is 0 Å². The summed E-state index contributed by atoms with van der Waals surface area (Å²) in [5.74, 6) is 0.580. The third kappa shape index (κ3) is 4.21. The van der Waals surface area contributed by atoms with Gasteiger partial charge in [-0.3, -0.25) is 0 Å². The molecule has 2 saturated carbocycles. The molecule has 2 fully saturated rings. The lowest BCUT2D eigenvalue weighted by atomic mass is 9.71. The molecule has 0 spiro atoms. The summed E-state index contributed by atoms with van der Waals surface area (Å²) in [6.07, 6.45) is 5.33. The normalized spacial score (nSPS) is 27.1. The second-order valence-corrected chi connectivity index (χ2v) is 8.79. The van der Waals surface area contributed by atoms with Gasteiger partial charge in [0.1, 0.15) is 0 Å². The maximum atomic E-state index is 11.8. The highest BCUT2D eigenvalue weighted by atomic mass is 32.2. The van der Waals surface area contributed by atoms with E-state index in [0.29, 0.717) is 18.8 Å². The molecule has 0 bridgehead atoms. The van der Waals surface area contributed by atoms with Crippen molar-refractivity contribution in [2.45, 2.75) is 58.0 Å². The molecule has 18 heavy (non-hydrogen) atoms. The highest BCUT2D eigenvalue weighted by Gasteiger charge is 2.37. The molecule has 4 nitrogen and oxygen atoms in total. The Labute approximate surface area is 110 Å². The van der Waals surface area contributed by atoms with Gasteiger partial charge in [0.25, 0.3) is 0 Å². The van der Waals surface area contributed by atoms with Crippen LogP contribution in [-0.4, -0.2) is 31.4 Å². The minimum Gasteiger partial charge on any atom is -0.389 e. The molecule has 0 heterocycles. The van der Waals surface area contributed by atoms with Gasteiger partial charge in [-0.25, -0.2) is 13.1 Å². The molecule has 0 aliphatic heterocycles. The van der Waals surface area contributed by atoms with Crippen LogP contribution in [0.3, 0.4) is 0 Å². The van der Waals surface area contributed by atoms with Crippen LogP contribution < -0.4 is 4.72 Å². The first-order valence-electron chi connectivity index (χ1n) is 6.90. The van der Waals surface area contributed by atoms with E-state index in [1.807, 2.05) is 0 Å². The molecule has 0 amide bonds. The van der Waals surface area contributed by atoms with Gasteiger partial charge in [-0.1, -0.05) is 13.8 Å². The predicted molar refractivity (Wildman–Crippen MR) is 71.7 cm³/mol. The lowest BCUT2D eigenvalue weighted by Gasteiger charge is -2.40. The lowest BCUT2D eigenvalue weighted by molar-refractivity contribution is -0.0205. The fourth-order valence-electron chi connectivity index (χ4n) is 2.47. The van der Waals surface area contributed by atoms with Crippen LogP contribution in [0.1, 0.15) is 52.4 Å². The molecule has 2 aliphatic rings. The molecule has 0 unspecified atom stereocenters. The van der Waals surface area contributed by atoms with Crippen LogP contribution in [-0.2, 0) is 10.0 Å². The van der Waals surface area contributed by atoms with Crippen LogP contribution >= 0.6 is 0 Å². The van der Waals surface area contributed by atoms with Crippen molar-refractivity contribution in [1.82, 2.24) is 4.72 Å². The van der Waals surface area contributed by atoms with Crippen LogP contribution in [0.4, 0.5) is 0 Å². The van der Waals surface area contributed by atoms with Gasteiger partial charge in [0.15, 0.2) is 0 Å². The number of rotatable bonds is 5. The fourth-order valence-corrected chi connectivity index (χ4v) is 4.03. The van der Waals surface area contributed by atoms with Crippen molar-refractivity contribution >= 4 is 10.0 Å². The number of hydrogen-bond donors (Lipinski definition) is 2. The quantitative estimate of drug-likeness (QED) is 0.801. The fraction of sp³-hybridized carbons (Fsp3) is 1.00. The van der Waals surface area contributed by atoms with E-state index in [9.17, 15) is 13.5 Å². The molecule has 0 radical (unpaired) electrons. The van der Waals surface area contributed by atoms with E-state index in [0.717, 1.165) is 25.7 Å². The average molecular weight is 275 g/mol. The first-order chi connectivity index (χ1) is 8.20. The van der Waals surface area contributed by atoms with Gasteiger partial charge in [0.05, 0.1) is 11.4 Å². The summed E-state index contributed by atoms with van der Waals surface area (Å²) in [7, 11) is -3.19. The molecular weight excluding hydrogens is 250 g/mol. The van der Waals surface area contributed by atoms with Gasteiger partial charge in [-0.05, 0) is 49.9 Å². The highest BCUT2D eigenvalue weighted by molar-refractivity contribution is 7.89. The highest BCUT2D eigenvalue weighted by Crippen LogP contribution is 2.40. The monoisotopic (exact) mass is 275 g/mol. The van der Waals surface area contributed by atoms with Crippen LogP contribution in [0.2, 0.25) is 0 Å². The molecule has 0 aromatic carbocycles. The zero-order valence-corrected chi connectivity index (χ0v) is 12.2. The first-order valence-corrected chi connectivity index (χ1v) is 8.55. The van der Waals surface area contributed by atoms with E-state index < -0.39 is 15.6 Å². The number of sulfonamides is 1. The first kappa shape index (κ1) is 14.3. The second kappa shape index (κ2) is 4.76. The van der Waals surface area contributed by atoms with E-state index in [2.05, 4.69) is 18.6 Å². The molecule has 2 rings (SSSR count). The van der Waals surface area contributed by atoms with E-state index in [1.54, 1.807) is 0 Å². The summed E-state index contributed by atoms with van der Waals surface area (Å²) < 4.78 is 26.1. The Kier molecular flexibility index (Phi) is 3.78. The van der Waals surface area contributed by atoms with Gasteiger partial charge >= 0.3 is 0 Å². The van der Waals surface area contributed by atoms with E-state index in [-0.39, 0.29) is 17.7 Å². The van der Waals surface area contributed by atoms with E-state index >= 15 is 0 Å². The Morgan fingerprint density at radius 3 is 2.22 bits per heavy atom. The molecule has 106 valence electrons. The van der Waals surface area contributed by atoms with Crippen LogP contribution in [0, 0.1) is 11.3 Å². The van der Waals surface area contributed by atoms with E-state index in [1.165, 1.54) is 0 Å². The summed E-state index contributed by atoms with van der Waals surface area (Å²) in [5, 5.41) is 10.4. The van der Waals surface area contributed by atoms with Crippen LogP contribution in [0.5, 0.6) is 0 Å². The second-order valence-electron chi connectivity index (χ2n) is 6.93. The van der Waals surface area contributed by atoms with E-state index in [4.69, 9.17) is 0 Å². The number of aliphatic hydroxyl groups is 1. The number of hydrogen-bond acceptors (Lipinski definition) is 3. The Hall–Kier alpha value is -0.130. The van der Waals surface area contributed by atoms with Crippen molar-refractivity contribution in [3.63, 3.8) is 0 Å². The van der Waals surface area contributed by atoms with Crippen molar-refractivity contribution in [3.05, 3.63) is 0 Å². The molecule has 0 saturated heterocycles. The molecule has 2 aliphatic carbocycles. The zero-order valence-electron chi connectivity index (χ0n) is 11.4. The number of nitrogens with one attached hydrogen (secondary N) is 1. The standard InChI is InChI=1S/C13H25NO3S/c1-12(2)5-7-13(15,8-6-12)10-14-18(16,17)9-11-3-4-11/h11,14-15H,3-10H2,1-2H3. The summed E-state index contributed by atoms with van der Waals surface area (Å²) in [4.78, 5) is 0. The lowest BCUT2D eigenvalue weighted by Crippen LogP contribution is -2.47. The topological polar surface area (TPSA) is 66.4 Å².